The SMILES string of the molecule is CN=C(NCCc1ccc(OC)c(OC)c1)NCC(OC)c1cccc(Cl)c1. The summed E-state index contributed by atoms with van der Waals surface area (Å²) in [5.41, 5.74) is 2.16. The van der Waals surface area contributed by atoms with E-state index in [1.807, 2.05) is 42.5 Å². The highest BCUT2D eigenvalue weighted by Crippen LogP contribution is 2.27. The van der Waals surface area contributed by atoms with Crippen LogP contribution in [0.25, 0.3) is 0 Å². The average molecular weight is 406 g/mol. The molecule has 0 heterocycles. The van der Waals surface area contributed by atoms with E-state index < -0.39 is 0 Å². The first-order valence-electron chi connectivity index (χ1n) is 9.05. The summed E-state index contributed by atoms with van der Waals surface area (Å²) in [6, 6.07) is 13.6. The van der Waals surface area contributed by atoms with E-state index in [4.69, 9.17) is 25.8 Å². The lowest BCUT2D eigenvalue weighted by molar-refractivity contribution is 0.106. The molecule has 0 aliphatic heterocycles. The summed E-state index contributed by atoms with van der Waals surface area (Å²) in [6.07, 6.45) is 0.700. The molecular weight excluding hydrogens is 378 g/mol. The van der Waals surface area contributed by atoms with Crippen molar-refractivity contribution in [1.29, 1.82) is 0 Å². The van der Waals surface area contributed by atoms with Crippen molar-refractivity contribution in [2.75, 3.05) is 41.5 Å². The van der Waals surface area contributed by atoms with Crippen LogP contribution in [0.5, 0.6) is 11.5 Å². The van der Waals surface area contributed by atoms with Crippen molar-refractivity contribution >= 4 is 17.6 Å². The van der Waals surface area contributed by atoms with E-state index in [1.54, 1.807) is 28.4 Å². The Labute approximate surface area is 171 Å². The molecule has 0 aliphatic carbocycles. The van der Waals surface area contributed by atoms with Gasteiger partial charge in [-0.25, -0.2) is 0 Å². The van der Waals surface area contributed by atoms with Gasteiger partial charge in [-0.05, 0) is 41.8 Å². The third-order valence-electron chi connectivity index (χ3n) is 4.34. The number of aliphatic imine (C=N–C) groups is 1. The van der Waals surface area contributed by atoms with Gasteiger partial charge >= 0.3 is 0 Å². The summed E-state index contributed by atoms with van der Waals surface area (Å²) >= 11 is 6.07. The van der Waals surface area contributed by atoms with Crippen LogP contribution in [0.3, 0.4) is 0 Å². The normalized spacial score (nSPS) is 12.4. The Morgan fingerprint density at radius 2 is 1.82 bits per heavy atom. The molecule has 0 saturated heterocycles. The van der Waals surface area contributed by atoms with Crippen molar-refractivity contribution < 1.29 is 14.2 Å². The largest absolute Gasteiger partial charge is 0.493 e. The molecule has 0 spiro atoms. The molecule has 1 atom stereocenters. The van der Waals surface area contributed by atoms with Crippen molar-refractivity contribution in [3.63, 3.8) is 0 Å². The van der Waals surface area contributed by atoms with Gasteiger partial charge < -0.3 is 24.8 Å². The number of nitrogens with one attached hydrogen (secondary N) is 2. The molecule has 28 heavy (non-hydrogen) atoms. The zero-order valence-electron chi connectivity index (χ0n) is 16.8. The molecule has 6 nitrogen and oxygen atoms in total. The maximum absolute atomic E-state index is 6.07. The molecule has 7 heteroatoms. The second-order valence-electron chi connectivity index (χ2n) is 6.10. The predicted molar refractivity (Wildman–Crippen MR) is 114 cm³/mol. The minimum Gasteiger partial charge on any atom is -0.493 e. The van der Waals surface area contributed by atoms with Crippen molar-refractivity contribution in [3.8, 4) is 11.5 Å². The highest BCUT2D eigenvalue weighted by atomic mass is 35.5. The molecule has 0 amide bonds. The van der Waals surface area contributed by atoms with Crippen LogP contribution in [0, 0.1) is 0 Å². The van der Waals surface area contributed by atoms with Crippen molar-refractivity contribution in [3.05, 3.63) is 58.6 Å². The van der Waals surface area contributed by atoms with Gasteiger partial charge in [0.1, 0.15) is 0 Å². The highest BCUT2D eigenvalue weighted by molar-refractivity contribution is 6.30. The Hall–Kier alpha value is -2.44. The van der Waals surface area contributed by atoms with Crippen molar-refractivity contribution in [1.82, 2.24) is 10.6 Å². The summed E-state index contributed by atoms with van der Waals surface area (Å²) < 4.78 is 16.2. The van der Waals surface area contributed by atoms with Gasteiger partial charge in [-0.2, -0.15) is 0 Å². The molecule has 2 N–H and O–H groups in total. The summed E-state index contributed by atoms with van der Waals surface area (Å²) in [7, 11) is 6.69. The molecule has 0 bridgehead atoms. The van der Waals surface area contributed by atoms with Gasteiger partial charge in [0.05, 0.1) is 20.3 Å². The van der Waals surface area contributed by atoms with Crippen LogP contribution in [-0.2, 0) is 11.2 Å². The quantitative estimate of drug-likeness (QED) is 0.494. The molecule has 0 aliphatic rings. The molecule has 2 aromatic rings. The lowest BCUT2D eigenvalue weighted by Crippen LogP contribution is -2.40. The molecule has 0 radical (unpaired) electrons. The fourth-order valence-electron chi connectivity index (χ4n) is 2.82. The molecule has 0 aromatic heterocycles. The number of methoxy groups -OCH3 is 3. The van der Waals surface area contributed by atoms with Gasteiger partial charge in [0.2, 0.25) is 0 Å². The van der Waals surface area contributed by atoms with E-state index in [0.717, 1.165) is 35.6 Å². The monoisotopic (exact) mass is 405 g/mol. The minimum atomic E-state index is -0.122. The number of ether oxygens (including phenoxy) is 3. The zero-order valence-corrected chi connectivity index (χ0v) is 17.5. The van der Waals surface area contributed by atoms with Gasteiger partial charge in [0.15, 0.2) is 17.5 Å². The Morgan fingerprint density at radius 3 is 2.46 bits per heavy atom. The van der Waals surface area contributed by atoms with E-state index in [0.29, 0.717) is 17.5 Å². The van der Waals surface area contributed by atoms with Crippen LogP contribution in [0.4, 0.5) is 0 Å². The lowest BCUT2D eigenvalue weighted by Gasteiger charge is -2.19. The standard InChI is InChI=1S/C21H28ClN3O3/c1-23-21(25-14-20(28-4)16-6-5-7-17(22)13-16)24-11-10-15-8-9-18(26-2)19(12-15)27-3/h5-9,12-13,20H,10-11,14H2,1-4H3,(H2,23,24,25). The van der Waals surface area contributed by atoms with Gasteiger partial charge in [-0.1, -0.05) is 29.8 Å². The molecule has 0 saturated carbocycles. The van der Waals surface area contributed by atoms with Crippen molar-refractivity contribution in [2.24, 2.45) is 4.99 Å². The lowest BCUT2D eigenvalue weighted by atomic mass is 10.1. The molecule has 152 valence electrons. The Balaban J connectivity index is 1.86. The Kier molecular flexibility index (Phi) is 8.91. The van der Waals surface area contributed by atoms with E-state index in [2.05, 4.69) is 15.6 Å². The molecular formula is C21H28ClN3O3. The summed E-state index contributed by atoms with van der Waals surface area (Å²) in [5, 5.41) is 7.29. The van der Waals surface area contributed by atoms with Crippen LogP contribution >= 0.6 is 11.6 Å². The number of benzene rings is 2. The van der Waals surface area contributed by atoms with E-state index in [1.165, 1.54) is 0 Å². The number of guanidine groups is 1. The maximum Gasteiger partial charge on any atom is 0.191 e. The number of nitrogens with zero attached hydrogens (tertiary/aromatic N) is 1. The van der Waals surface area contributed by atoms with Crippen molar-refractivity contribution in [2.45, 2.75) is 12.5 Å². The average Bonchev–Trinajstić information content (AvgIpc) is 2.72. The summed E-state index contributed by atoms with van der Waals surface area (Å²) in [4.78, 5) is 4.27. The number of hydrogen-bond donors (Lipinski definition) is 2. The maximum atomic E-state index is 6.07. The predicted octanol–water partition coefficient (Wildman–Crippen LogP) is 3.45. The van der Waals surface area contributed by atoms with Gasteiger partial charge in [0.25, 0.3) is 0 Å². The molecule has 0 fully saturated rings. The zero-order chi connectivity index (χ0) is 20.4. The fraction of sp³-hybridized carbons (Fsp3) is 0.381. The first kappa shape index (κ1) is 21.9. The second kappa shape index (κ2) is 11.4. The van der Waals surface area contributed by atoms with Crippen LogP contribution in [0.15, 0.2) is 47.5 Å². The summed E-state index contributed by atoms with van der Waals surface area (Å²) in [5.74, 6) is 2.17. The first-order chi connectivity index (χ1) is 13.6. The number of hydrogen-bond acceptors (Lipinski definition) is 4. The summed E-state index contributed by atoms with van der Waals surface area (Å²) in [6.45, 7) is 1.30. The van der Waals surface area contributed by atoms with E-state index in [9.17, 15) is 0 Å². The Bertz CT molecular complexity index is 783. The highest BCUT2D eigenvalue weighted by Gasteiger charge is 2.12. The third kappa shape index (κ3) is 6.32. The van der Waals surface area contributed by atoms with Gasteiger partial charge in [0, 0.05) is 32.3 Å². The second-order valence-corrected chi connectivity index (χ2v) is 6.54. The Morgan fingerprint density at radius 1 is 1.04 bits per heavy atom. The molecule has 1 unspecified atom stereocenters. The van der Waals surface area contributed by atoms with E-state index >= 15 is 0 Å². The topological polar surface area (TPSA) is 64.1 Å². The van der Waals surface area contributed by atoms with E-state index in [-0.39, 0.29) is 6.10 Å². The van der Waals surface area contributed by atoms with Crippen LogP contribution in [-0.4, -0.2) is 47.4 Å². The van der Waals surface area contributed by atoms with Gasteiger partial charge in [-0.3, -0.25) is 4.99 Å². The number of halogens is 1. The third-order valence-corrected chi connectivity index (χ3v) is 4.57. The first-order valence-corrected chi connectivity index (χ1v) is 9.42. The van der Waals surface area contributed by atoms with Crippen LogP contribution in [0.2, 0.25) is 5.02 Å². The van der Waals surface area contributed by atoms with Crippen LogP contribution < -0.4 is 20.1 Å². The number of rotatable bonds is 9. The van der Waals surface area contributed by atoms with Gasteiger partial charge in [-0.15, -0.1) is 0 Å². The molecule has 2 aromatic carbocycles. The fourth-order valence-corrected chi connectivity index (χ4v) is 3.01. The van der Waals surface area contributed by atoms with Crippen LogP contribution in [0.1, 0.15) is 17.2 Å². The smallest absolute Gasteiger partial charge is 0.191 e. The minimum absolute atomic E-state index is 0.122. The molecule has 2 rings (SSSR count).